The van der Waals surface area contributed by atoms with Gasteiger partial charge in [0.15, 0.2) is 0 Å². The van der Waals surface area contributed by atoms with Crippen LogP contribution in [0.5, 0.6) is 0 Å². The first-order chi connectivity index (χ1) is 5.90. The van der Waals surface area contributed by atoms with Crippen LogP contribution in [0.1, 0.15) is 0 Å². The third kappa shape index (κ3) is 30.7. The molecule has 6 nitrogen and oxygen atoms in total. The summed E-state index contributed by atoms with van der Waals surface area (Å²) in [5, 5.41) is 24.8. The maximum absolute atomic E-state index is 9.53. The van der Waals surface area contributed by atoms with Gasteiger partial charge in [0.1, 0.15) is 0 Å². The Morgan fingerprint density at radius 1 is 1.07 bits per heavy atom. The van der Waals surface area contributed by atoms with Crippen molar-refractivity contribution in [2.45, 2.75) is 0 Å². The van der Waals surface area contributed by atoms with Crippen LogP contribution in [0, 0.1) is 0 Å². The molecule has 0 aliphatic heterocycles. The van der Waals surface area contributed by atoms with Crippen LogP contribution in [0.25, 0.3) is 0 Å². The number of hydrogen-bond donors (Lipinski definition) is 2. The number of carboxylic acids is 3. The van der Waals surface area contributed by atoms with Crippen LogP contribution in [0.15, 0.2) is 24.8 Å². The average Bonchev–Trinajstić information content (AvgIpc) is 2.02. The molecule has 0 amide bonds. The van der Waals surface area contributed by atoms with Crippen LogP contribution in [-0.4, -0.2) is 28.1 Å². The van der Waals surface area contributed by atoms with Crippen molar-refractivity contribution < 1.29 is 59.3 Å². The molecule has 0 aromatic heterocycles. The molecule has 0 aliphatic carbocycles. The third-order valence-corrected chi connectivity index (χ3v) is 0.537. The summed E-state index contributed by atoms with van der Waals surface area (Å²) in [6, 6.07) is 0. The Balaban J connectivity index is -0.000000177. The van der Waals surface area contributed by atoms with Crippen LogP contribution >= 0.6 is 0 Å². The summed E-state index contributed by atoms with van der Waals surface area (Å²) in [4.78, 5) is 28.2. The largest absolute Gasteiger partial charge is 1.00 e. The molecule has 0 bridgehead atoms. The van der Waals surface area contributed by atoms with Gasteiger partial charge in [0, 0.05) is 12.2 Å². The van der Waals surface area contributed by atoms with E-state index in [0.29, 0.717) is 12.2 Å². The summed E-state index contributed by atoms with van der Waals surface area (Å²) < 4.78 is 0. The molecule has 0 unspecified atom stereocenters. The minimum Gasteiger partial charge on any atom is -0.545 e. The predicted octanol–water partition coefficient (Wildman–Crippen LogP) is -4.36. The molecule has 0 fully saturated rings. The van der Waals surface area contributed by atoms with Crippen molar-refractivity contribution in [2.75, 3.05) is 0 Å². The molecule has 0 saturated carbocycles. The minimum absolute atomic E-state index is 0. The summed E-state index contributed by atoms with van der Waals surface area (Å²) in [5.74, 6) is -3.79. The van der Waals surface area contributed by atoms with Crippen LogP contribution < -0.4 is 34.7 Å². The number of carbonyl (C=O) groups excluding carboxylic acids is 1. The van der Waals surface area contributed by atoms with E-state index in [1.54, 1.807) is 0 Å². The van der Waals surface area contributed by atoms with Crippen molar-refractivity contribution in [1.29, 1.82) is 0 Å². The fraction of sp³-hybridized carbons (Fsp3) is 0. The molecule has 0 atom stereocenters. The maximum atomic E-state index is 9.53. The molecule has 7 heteroatoms. The van der Waals surface area contributed by atoms with Crippen molar-refractivity contribution in [2.24, 2.45) is 0 Å². The zero-order valence-electron chi connectivity index (χ0n) is 7.47. The van der Waals surface area contributed by atoms with Crippen molar-refractivity contribution in [3.63, 3.8) is 0 Å². The van der Waals surface area contributed by atoms with E-state index in [1.807, 2.05) is 0 Å². The molecular formula is C7H7NaO6. The molecule has 0 spiro atoms. The zero-order valence-corrected chi connectivity index (χ0v) is 9.47. The Kier molecular flexibility index (Phi) is 15.8. The van der Waals surface area contributed by atoms with Gasteiger partial charge in [-0.15, -0.1) is 0 Å². The fourth-order valence-corrected chi connectivity index (χ4v) is 0.139. The smallest absolute Gasteiger partial charge is 0.545 e. The molecule has 0 heterocycles. The first-order valence-corrected chi connectivity index (χ1v) is 2.87. The van der Waals surface area contributed by atoms with E-state index in [2.05, 4.69) is 6.58 Å². The third-order valence-electron chi connectivity index (χ3n) is 0.537. The van der Waals surface area contributed by atoms with Crippen LogP contribution in [0.3, 0.4) is 0 Å². The number of carboxylic acid groups (broad SMARTS) is 3. The van der Waals surface area contributed by atoms with Gasteiger partial charge in [-0.3, -0.25) is 0 Å². The first kappa shape index (κ1) is 18.6. The molecule has 2 N–H and O–H groups in total. The number of carbonyl (C=O) groups is 3. The second kappa shape index (κ2) is 11.9. The van der Waals surface area contributed by atoms with Crippen LogP contribution in [-0.2, 0) is 14.4 Å². The molecule has 0 aromatic carbocycles. The summed E-state index contributed by atoms with van der Waals surface area (Å²) in [7, 11) is 0. The Labute approximate surface area is 102 Å². The van der Waals surface area contributed by atoms with Gasteiger partial charge in [0.05, 0.1) is 5.97 Å². The molecule has 14 heavy (non-hydrogen) atoms. The van der Waals surface area contributed by atoms with E-state index in [9.17, 15) is 19.5 Å². The van der Waals surface area contributed by atoms with E-state index in [1.165, 1.54) is 0 Å². The van der Waals surface area contributed by atoms with Crippen molar-refractivity contribution in [3.8, 4) is 0 Å². The monoisotopic (exact) mass is 210 g/mol. The summed E-state index contributed by atoms with van der Waals surface area (Å²) in [6.45, 7) is 2.96. The second-order valence-corrected chi connectivity index (χ2v) is 1.53. The molecule has 0 aliphatic rings. The van der Waals surface area contributed by atoms with Gasteiger partial charge >= 0.3 is 41.5 Å². The Hall–Kier alpha value is -1.11. The van der Waals surface area contributed by atoms with Crippen molar-refractivity contribution >= 4 is 17.9 Å². The van der Waals surface area contributed by atoms with E-state index < -0.39 is 17.9 Å². The Morgan fingerprint density at radius 2 is 1.43 bits per heavy atom. The standard InChI is InChI=1S/C4H4O4.C3H4O2.Na/c5-3(6)1-2-4(7)8;1-2-3(4)5;/h1-2H,(H,5,6)(H,7,8);2H,1H2,(H,4,5);/q;;+1/p-1/b2-1+;;. The second-order valence-electron chi connectivity index (χ2n) is 1.53. The number of hydrogen-bond acceptors (Lipinski definition) is 4. The number of aliphatic carboxylic acids is 3. The summed E-state index contributed by atoms with van der Waals surface area (Å²) in [6.07, 6.45) is 1.78. The molecule has 72 valence electrons. The van der Waals surface area contributed by atoms with E-state index in [-0.39, 0.29) is 29.6 Å². The first-order valence-electron chi connectivity index (χ1n) is 2.87. The van der Waals surface area contributed by atoms with Gasteiger partial charge in [-0.1, -0.05) is 6.58 Å². The molecule has 0 aromatic rings. The van der Waals surface area contributed by atoms with Gasteiger partial charge in [-0.05, 0) is 6.08 Å². The van der Waals surface area contributed by atoms with Gasteiger partial charge in [-0.25, -0.2) is 9.59 Å². The van der Waals surface area contributed by atoms with E-state index in [4.69, 9.17) is 10.2 Å². The van der Waals surface area contributed by atoms with E-state index in [0.717, 1.165) is 6.08 Å². The molecular weight excluding hydrogens is 203 g/mol. The SMILES string of the molecule is C=CC(=O)O.O=C([O-])/C=C/C(=O)O.[Na+]. The van der Waals surface area contributed by atoms with Gasteiger partial charge in [-0.2, -0.15) is 0 Å². The Bertz CT molecular complexity index is 229. The molecule has 0 saturated heterocycles. The normalized spacial score (nSPS) is 7.71. The minimum atomic E-state index is -1.51. The van der Waals surface area contributed by atoms with Crippen molar-refractivity contribution in [3.05, 3.63) is 24.8 Å². The predicted molar refractivity (Wildman–Crippen MR) is 39.6 cm³/mol. The fourth-order valence-electron chi connectivity index (χ4n) is 0.139. The average molecular weight is 210 g/mol. The quantitative estimate of drug-likeness (QED) is 0.359. The number of rotatable bonds is 3. The van der Waals surface area contributed by atoms with E-state index >= 15 is 0 Å². The van der Waals surface area contributed by atoms with Crippen molar-refractivity contribution in [1.82, 2.24) is 0 Å². The summed E-state index contributed by atoms with van der Waals surface area (Å²) in [5.41, 5.74) is 0. The Morgan fingerprint density at radius 3 is 1.50 bits per heavy atom. The maximum Gasteiger partial charge on any atom is 1.00 e. The molecule has 0 radical (unpaired) electrons. The van der Waals surface area contributed by atoms with Crippen LogP contribution in [0.2, 0.25) is 0 Å². The van der Waals surface area contributed by atoms with Gasteiger partial charge < -0.3 is 20.1 Å². The molecule has 0 rings (SSSR count). The van der Waals surface area contributed by atoms with Gasteiger partial charge in [0.25, 0.3) is 0 Å². The van der Waals surface area contributed by atoms with Crippen LogP contribution in [0.4, 0.5) is 0 Å². The van der Waals surface area contributed by atoms with Gasteiger partial charge in [0.2, 0.25) is 0 Å². The topological polar surface area (TPSA) is 115 Å². The summed E-state index contributed by atoms with van der Waals surface area (Å²) >= 11 is 0. The zero-order chi connectivity index (χ0) is 10.9.